The van der Waals surface area contributed by atoms with Gasteiger partial charge in [-0.15, -0.1) is 0 Å². The van der Waals surface area contributed by atoms with E-state index in [1.54, 1.807) is 7.11 Å². The predicted molar refractivity (Wildman–Crippen MR) is 61.2 cm³/mol. The second kappa shape index (κ2) is 4.62. The van der Waals surface area contributed by atoms with E-state index in [2.05, 4.69) is 22.9 Å². The SMILES string of the molecule is COCC1CCN(c2cncc(C)c2)C1. The zero-order chi connectivity index (χ0) is 10.7. The van der Waals surface area contributed by atoms with E-state index in [4.69, 9.17) is 4.74 Å². The molecule has 0 aliphatic carbocycles. The van der Waals surface area contributed by atoms with Gasteiger partial charge in [-0.3, -0.25) is 4.98 Å². The monoisotopic (exact) mass is 206 g/mol. The second-order valence-corrected chi connectivity index (χ2v) is 4.28. The van der Waals surface area contributed by atoms with Crippen LogP contribution in [-0.4, -0.2) is 31.8 Å². The number of pyridine rings is 1. The minimum atomic E-state index is 0.676. The van der Waals surface area contributed by atoms with Crippen molar-refractivity contribution in [2.24, 2.45) is 5.92 Å². The van der Waals surface area contributed by atoms with E-state index in [0.29, 0.717) is 5.92 Å². The summed E-state index contributed by atoms with van der Waals surface area (Å²) in [6.07, 6.45) is 5.07. The van der Waals surface area contributed by atoms with Crippen LogP contribution in [0, 0.1) is 12.8 Å². The molecule has 1 aromatic rings. The summed E-state index contributed by atoms with van der Waals surface area (Å²) in [6, 6.07) is 2.20. The topological polar surface area (TPSA) is 25.4 Å². The van der Waals surface area contributed by atoms with Gasteiger partial charge < -0.3 is 9.64 Å². The molecule has 0 saturated carbocycles. The van der Waals surface area contributed by atoms with Gasteiger partial charge in [-0.1, -0.05) is 0 Å². The van der Waals surface area contributed by atoms with Crippen LogP contribution in [0.4, 0.5) is 5.69 Å². The van der Waals surface area contributed by atoms with Crippen molar-refractivity contribution in [3.8, 4) is 0 Å². The van der Waals surface area contributed by atoms with Crippen molar-refractivity contribution >= 4 is 5.69 Å². The van der Waals surface area contributed by atoms with Crippen LogP contribution in [0.2, 0.25) is 0 Å². The van der Waals surface area contributed by atoms with Crippen LogP contribution in [0.1, 0.15) is 12.0 Å². The first-order valence-corrected chi connectivity index (χ1v) is 5.45. The van der Waals surface area contributed by atoms with Gasteiger partial charge in [0.1, 0.15) is 0 Å². The lowest BCUT2D eigenvalue weighted by Crippen LogP contribution is -2.21. The van der Waals surface area contributed by atoms with Gasteiger partial charge in [-0.2, -0.15) is 0 Å². The van der Waals surface area contributed by atoms with Crippen molar-refractivity contribution in [3.63, 3.8) is 0 Å². The number of aromatic nitrogens is 1. The molecule has 1 aliphatic heterocycles. The lowest BCUT2D eigenvalue weighted by atomic mass is 10.1. The molecular weight excluding hydrogens is 188 g/mol. The van der Waals surface area contributed by atoms with Crippen LogP contribution in [-0.2, 0) is 4.74 Å². The van der Waals surface area contributed by atoms with Crippen LogP contribution >= 0.6 is 0 Å². The molecule has 0 radical (unpaired) electrons. The zero-order valence-electron chi connectivity index (χ0n) is 9.44. The number of anilines is 1. The van der Waals surface area contributed by atoms with Gasteiger partial charge in [0.2, 0.25) is 0 Å². The number of nitrogens with zero attached hydrogens (tertiary/aromatic N) is 2. The predicted octanol–water partition coefficient (Wildman–Crippen LogP) is 1.86. The van der Waals surface area contributed by atoms with Crippen molar-refractivity contribution in [1.29, 1.82) is 0 Å². The third-order valence-corrected chi connectivity index (χ3v) is 2.91. The minimum Gasteiger partial charge on any atom is -0.384 e. The molecular formula is C12H18N2O. The molecule has 0 spiro atoms. The van der Waals surface area contributed by atoms with Crippen molar-refractivity contribution in [3.05, 3.63) is 24.0 Å². The standard InChI is InChI=1S/C12H18N2O/c1-10-5-12(7-13-6-10)14-4-3-11(8-14)9-15-2/h5-7,11H,3-4,8-9H2,1-2H3. The highest BCUT2D eigenvalue weighted by molar-refractivity contribution is 5.46. The molecule has 15 heavy (non-hydrogen) atoms. The molecule has 0 bridgehead atoms. The first kappa shape index (κ1) is 10.4. The summed E-state index contributed by atoms with van der Waals surface area (Å²) in [5.41, 5.74) is 2.47. The molecule has 0 amide bonds. The third kappa shape index (κ3) is 2.48. The van der Waals surface area contributed by atoms with Crippen molar-refractivity contribution in [2.75, 3.05) is 31.7 Å². The Labute approximate surface area is 91.1 Å². The van der Waals surface area contributed by atoms with Gasteiger partial charge in [-0.25, -0.2) is 0 Å². The number of ether oxygens (including phenoxy) is 1. The second-order valence-electron chi connectivity index (χ2n) is 4.28. The Bertz CT molecular complexity index is 327. The maximum atomic E-state index is 5.19. The van der Waals surface area contributed by atoms with E-state index in [1.807, 2.05) is 12.4 Å². The highest BCUT2D eigenvalue weighted by Gasteiger charge is 2.22. The van der Waals surface area contributed by atoms with E-state index < -0.39 is 0 Å². The van der Waals surface area contributed by atoms with Crippen LogP contribution in [0.3, 0.4) is 0 Å². The molecule has 3 nitrogen and oxygen atoms in total. The average Bonchev–Trinajstić information content (AvgIpc) is 2.67. The van der Waals surface area contributed by atoms with Crippen molar-refractivity contribution in [1.82, 2.24) is 4.98 Å². The van der Waals surface area contributed by atoms with Gasteiger partial charge >= 0.3 is 0 Å². The molecule has 1 saturated heterocycles. The lowest BCUT2D eigenvalue weighted by molar-refractivity contribution is 0.161. The highest BCUT2D eigenvalue weighted by atomic mass is 16.5. The van der Waals surface area contributed by atoms with E-state index >= 15 is 0 Å². The Morgan fingerprint density at radius 1 is 1.53 bits per heavy atom. The molecule has 1 unspecified atom stereocenters. The fourth-order valence-electron chi connectivity index (χ4n) is 2.15. The van der Waals surface area contributed by atoms with E-state index in [9.17, 15) is 0 Å². The number of hydrogen-bond donors (Lipinski definition) is 0. The van der Waals surface area contributed by atoms with Gasteiger partial charge in [0.25, 0.3) is 0 Å². The number of methoxy groups -OCH3 is 1. The number of hydrogen-bond acceptors (Lipinski definition) is 3. The van der Waals surface area contributed by atoms with E-state index in [1.165, 1.54) is 17.7 Å². The van der Waals surface area contributed by atoms with Gasteiger partial charge in [0.15, 0.2) is 0 Å². The summed E-state index contributed by atoms with van der Waals surface area (Å²) in [7, 11) is 1.77. The normalized spacial score (nSPS) is 20.9. The van der Waals surface area contributed by atoms with Gasteiger partial charge in [0.05, 0.1) is 18.5 Å². The molecule has 3 heteroatoms. The molecule has 1 aromatic heterocycles. The van der Waals surface area contributed by atoms with Crippen LogP contribution in [0.25, 0.3) is 0 Å². The Morgan fingerprint density at radius 3 is 3.13 bits per heavy atom. The van der Waals surface area contributed by atoms with Crippen molar-refractivity contribution < 1.29 is 4.74 Å². The van der Waals surface area contributed by atoms with E-state index in [-0.39, 0.29) is 0 Å². The fraction of sp³-hybridized carbons (Fsp3) is 0.583. The minimum absolute atomic E-state index is 0.676. The Morgan fingerprint density at radius 2 is 2.40 bits per heavy atom. The fourth-order valence-corrected chi connectivity index (χ4v) is 2.15. The summed E-state index contributed by atoms with van der Waals surface area (Å²) in [6.45, 7) is 5.17. The molecule has 1 atom stereocenters. The Hall–Kier alpha value is -1.09. The zero-order valence-corrected chi connectivity index (χ0v) is 9.44. The summed E-state index contributed by atoms with van der Waals surface area (Å²) in [5, 5.41) is 0. The lowest BCUT2D eigenvalue weighted by Gasteiger charge is -2.18. The molecule has 1 fully saturated rings. The first-order chi connectivity index (χ1) is 7.29. The van der Waals surface area contributed by atoms with Gasteiger partial charge in [-0.05, 0) is 25.0 Å². The van der Waals surface area contributed by atoms with Crippen LogP contribution < -0.4 is 4.90 Å². The summed E-state index contributed by atoms with van der Waals surface area (Å²) in [4.78, 5) is 6.62. The molecule has 0 N–H and O–H groups in total. The van der Waals surface area contributed by atoms with Crippen LogP contribution in [0.5, 0.6) is 0 Å². The highest BCUT2D eigenvalue weighted by Crippen LogP contribution is 2.23. The Balaban J connectivity index is 2.01. The quantitative estimate of drug-likeness (QED) is 0.755. The third-order valence-electron chi connectivity index (χ3n) is 2.91. The molecule has 82 valence electrons. The molecule has 1 aliphatic rings. The number of aryl methyl sites for hydroxylation is 1. The maximum Gasteiger partial charge on any atom is 0.0555 e. The summed E-state index contributed by atoms with van der Waals surface area (Å²) >= 11 is 0. The van der Waals surface area contributed by atoms with E-state index in [0.717, 1.165) is 19.7 Å². The van der Waals surface area contributed by atoms with Gasteiger partial charge in [0, 0.05) is 32.3 Å². The van der Waals surface area contributed by atoms with Crippen molar-refractivity contribution in [2.45, 2.75) is 13.3 Å². The smallest absolute Gasteiger partial charge is 0.0555 e. The van der Waals surface area contributed by atoms with Crippen LogP contribution in [0.15, 0.2) is 18.5 Å². The molecule has 0 aromatic carbocycles. The summed E-state index contributed by atoms with van der Waals surface area (Å²) in [5.74, 6) is 0.676. The summed E-state index contributed by atoms with van der Waals surface area (Å²) < 4.78 is 5.19. The number of rotatable bonds is 3. The average molecular weight is 206 g/mol. The largest absolute Gasteiger partial charge is 0.384 e. The molecule has 2 heterocycles. The first-order valence-electron chi connectivity index (χ1n) is 5.45. The maximum absolute atomic E-state index is 5.19. The molecule has 2 rings (SSSR count). The Kier molecular flexibility index (Phi) is 3.21.